The van der Waals surface area contributed by atoms with E-state index in [9.17, 15) is 27.2 Å². The van der Waals surface area contributed by atoms with Gasteiger partial charge in [0.05, 0.1) is 12.2 Å². The van der Waals surface area contributed by atoms with E-state index < -0.39 is 29.0 Å². The quantitative estimate of drug-likeness (QED) is 0.465. The number of nitrogens with one attached hydrogen (secondary N) is 1. The van der Waals surface area contributed by atoms with Crippen LogP contribution >= 0.6 is 0 Å². The van der Waals surface area contributed by atoms with E-state index in [0.29, 0.717) is 17.4 Å². The van der Waals surface area contributed by atoms with Crippen LogP contribution in [0.15, 0.2) is 54.9 Å². The maximum Gasteiger partial charge on any atom is 0.419 e. The number of ketones is 1. The molecule has 3 aromatic rings. The van der Waals surface area contributed by atoms with Gasteiger partial charge in [0, 0.05) is 24.4 Å². The average molecular weight is 459 g/mol. The van der Waals surface area contributed by atoms with Gasteiger partial charge >= 0.3 is 6.18 Å². The molecule has 1 aromatic carbocycles. The lowest BCUT2D eigenvalue weighted by molar-refractivity contribution is -0.140. The van der Waals surface area contributed by atoms with E-state index >= 15 is 0 Å². The predicted octanol–water partition coefficient (Wildman–Crippen LogP) is 4.29. The summed E-state index contributed by atoms with van der Waals surface area (Å²) in [5, 5.41) is 2.78. The van der Waals surface area contributed by atoms with Crippen LogP contribution in [0.25, 0.3) is 0 Å². The van der Waals surface area contributed by atoms with Gasteiger partial charge in [-0.25, -0.2) is 4.39 Å². The van der Waals surface area contributed by atoms with Crippen molar-refractivity contribution in [3.63, 3.8) is 0 Å². The summed E-state index contributed by atoms with van der Waals surface area (Å²) in [5.41, 5.74) is -2.31. The van der Waals surface area contributed by atoms with Crippen molar-refractivity contribution in [1.29, 1.82) is 0 Å². The first-order valence-electron chi connectivity index (χ1n) is 9.87. The molecule has 170 valence electrons. The highest BCUT2D eigenvalue weighted by Gasteiger charge is 2.44. The third-order valence-electron chi connectivity index (χ3n) is 5.41. The van der Waals surface area contributed by atoms with Gasteiger partial charge in [-0.1, -0.05) is 6.07 Å². The minimum Gasteiger partial charge on any atom is -0.491 e. The number of benzene rings is 1. The van der Waals surface area contributed by atoms with Crippen molar-refractivity contribution in [1.82, 2.24) is 15.3 Å². The Morgan fingerprint density at radius 1 is 1.12 bits per heavy atom. The molecule has 0 saturated heterocycles. The highest BCUT2D eigenvalue weighted by molar-refractivity contribution is 5.96. The summed E-state index contributed by atoms with van der Waals surface area (Å²) in [6.45, 7) is 1.45. The lowest BCUT2D eigenvalue weighted by atomic mass is 9.80. The van der Waals surface area contributed by atoms with E-state index in [1.54, 1.807) is 12.1 Å². The number of hydrogen-bond donors (Lipinski definition) is 1. The predicted molar refractivity (Wildman–Crippen MR) is 108 cm³/mol. The summed E-state index contributed by atoms with van der Waals surface area (Å²) in [5.74, 6) is -2.07. The van der Waals surface area contributed by atoms with Crippen LogP contribution in [0.5, 0.6) is 5.75 Å². The van der Waals surface area contributed by atoms with Gasteiger partial charge in [-0.2, -0.15) is 13.2 Å². The maximum absolute atomic E-state index is 14.5. The van der Waals surface area contributed by atoms with Crippen molar-refractivity contribution in [2.75, 3.05) is 6.61 Å². The zero-order valence-electron chi connectivity index (χ0n) is 17.2. The molecule has 0 saturated carbocycles. The standard InChI is InChI=1S/C23H17F4N3O3/c1-13(31)14-4-7-18(29-12-14)21(32)30-22(8-10-33-19-3-2-9-28-20(19)22)15-5-6-16(17(24)11-15)23(25,26)27/h2-7,9,11-12H,8,10H2,1H3,(H,30,32)/t22-/m0/s1. The van der Waals surface area contributed by atoms with Crippen LogP contribution in [0.3, 0.4) is 0 Å². The Morgan fingerprint density at radius 3 is 2.55 bits per heavy atom. The Hall–Kier alpha value is -3.82. The molecule has 1 aliphatic heterocycles. The fourth-order valence-corrected chi connectivity index (χ4v) is 3.74. The van der Waals surface area contributed by atoms with Crippen molar-refractivity contribution >= 4 is 11.7 Å². The summed E-state index contributed by atoms with van der Waals surface area (Å²) >= 11 is 0. The molecule has 1 amide bonds. The molecule has 0 spiro atoms. The molecule has 6 nitrogen and oxygen atoms in total. The Balaban J connectivity index is 1.81. The molecule has 0 unspecified atom stereocenters. The molecule has 0 aliphatic carbocycles. The van der Waals surface area contributed by atoms with E-state index in [1.807, 2.05) is 0 Å². The molecule has 0 bridgehead atoms. The number of carbonyl (C=O) groups is 2. The van der Waals surface area contributed by atoms with Crippen LogP contribution in [-0.4, -0.2) is 28.3 Å². The number of pyridine rings is 2. The summed E-state index contributed by atoms with van der Waals surface area (Å²) in [6.07, 6.45) is -2.10. The van der Waals surface area contributed by atoms with Crippen molar-refractivity contribution in [3.05, 3.63) is 88.8 Å². The normalized spacial score (nSPS) is 17.6. The zero-order chi connectivity index (χ0) is 23.8. The molecule has 33 heavy (non-hydrogen) atoms. The lowest BCUT2D eigenvalue weighted by Crippen LogP contribution is -2.50. The number of rotatable bonds is 4. The molecule has 0 radical (unpaired) electrons. The number of ether oxygens (including phenoxy) is 1. The van der Waals surface area contributed by atoms with Gasteiger partial charge < -0.3 is 10.1 Å². The highest BCUT2D eigenvalue weighted by Crippen LogP contribution is 2.42. The zero-order valence-corrected chi connectivity index (χ0v) is 17.2. The Labute approximate surface area is 185 Å². The number of hydrogen-bond acceptors (Lipinski definition) is 5. The second-order valence-corrected chi connectivity index (χ2v) is 7.49. The van der Waals surface area contributed by atoms with Crippen LogP contribution in [-0.2, 0) is 11.7 Å². The summed E-state index contributed by atoms with van der Waals surface area (Å²) in [4.78, 5) is 32.8. The van der Waals surface area contributed by atoms with Crippen LogP contribution in [0.1, 0.15) is 51.0 Å². The van der Waals surface area contributed by atoms with E-state index in [-0.39, 0.29) is 35.8 Å². The van der Waals surface area contributed by atoms with E-state index in [4.69, 9.17) is 4.74 Å². The van der Waals surface area contributed by atoms with Gasteiger partial charge in [-0.05, 0) is 48.9 Å². The van der Waals surface area contributed by atoms with Crippen LogP contribution in [0, 0.1) is 5.82 Å². The minimum absolute atomic E-state index is 0.0317. The molecule has 1 N–H and O–H groups in total. The van der Waals surface area contributed by atoms with E-state index in [2.05, 4.69) is 15.3 Å². The molecule has 1 aliphatic rings. The third kappa shape index (κ3) is 4.15. The first kappa shape index (κ1) is 22.4. The number of Topliss-reactive ketones (excluding diaryl/α,β-unsaturated/α-hetero) is 1. The van der Waals surface area contributed by atoms with Crippen molar-refractivity contribution in [3.8, 4) is 5.75 Å². The molecule has 2 aromatic heterocycles. The van der Waals surface area contributed by atoms with Gasteiger partial charge in [-0.15, -0.1) is 0 Å². The monoisotopic (exact) mass is 459 g/mol. The largest absolute Gasteiger partial charge is 0.491 e. The van der Waals surface area contributed by atoms with Crippen molar-refractivity contribution in [2.45, 2.75) is 25.1 Å². The smallest absolute Gasteiger partial charge is 0.419 e. The average Bonchev–Trinajstić information content (AvgIpc) is 2.78. The first-order chi connectivity index (χ1) is 15.6. The number of halogens is 4. The van der Waals surface area contributed by atoms with Gasteiger partial charge in [0.1, 0.15) is 28.5 Å². The molecular formula is C23H17F4N3O3. The summed E-state index contributed by atoms with van der Waals surface area (Å²) < 4.78 is 59.4. The molecule has 0 fully saturated rings. The van der Waals surface area contributed by atoms with Gasteiger partial charge in [0.2, 0.25) is 0 Å². The molecular weight excluding hydrogens is 442 g/mol. The Morgan fingerprint density at radius 2 is 1.91 bits per heavy atom. The lowest BCUT2D eigenvalue weighted by Gasteiger charge is -2.39. The number of carbonyl (C=O) groups excluding carboxylic acids is 2. The van der Waals surface area contributed by atoms with Crippen molar-refractivity contribution in [2.24, 2.45) is 0 Å². The molecule has 3 heterocycles. The van der Waals surface area contributed by atoms with Gasteiger partial charge in [0.25, 0.3) is 5.91 Å². The minimum atomic E-state index is -4.87. The summed E-state index contributed by atoms with van der Waals surface area (Å²) in [7, 11) is 0. The summed E-state index contributed by atoms with van der Waals surface area (Å²) in [6, 6.07) is 8.49. The maximum atomic E-state index is 14.5. The number of nitrogens with zero attached hydrogens (tertiary/aromatic N) is 2. The van der Waals surface area contributed by atoms with E-state index in [0.717, 1.165) is 12.1 Å². The van der Waals surface area contributed by atoms with Crippen molar-refractivity contribution < 1.29 is 31.9 Å². The Bertz CT molecular complexity index is 1230. The Kier molecular flexibility index (Phi) is 5.61. The highest BCUT2D eigenvalue weighted by atomic mass is 19.4. The van der Waals surface area contributed by atoms with Gasteiger partial charge in [0.15, 0.2) is 5.78 Å². The number of amides is 1. The second-order valence-electron chi connectivity index (χ2n) is 7.49. The van der Waals surface area contributed by atoms with Crippen LogP contribution in [0.4, 0.5) is 17.6 Å². The second kappa shape index (κ2) is 8.27. The topological polar surface area (TPSA) is 81.2 Å². The van der Waals surface area contributed by atoms with Crippen LogP contribution in [0.2, 0.25) is 0 Å². The number of fused-ring (bicyclic) bond motifs is 1. The number of aromatic nitrogens is 2. The first-order valence-corrected chi connectivity index (χ1v) is 9.87. The molecule has 10 heteroatoms. The third-order valence-corrected chi connectivity index (χ3v) is 5.41. The van der Waals surface area contributed by atoms with Crippen LogP contribution < -0.4 is 10.1 Å². The SMILES string of the molecule is CC(=O)c1ccc(C(=O)N[C@]2(c3ccc(C(F)(F)F)c(F)c3)CCOc3cccnc32)nc1. The fourth-order valence-electron chi connectivity index (χ4n) is 3.74. The molecule has 1 atom stereocenters. The van der Waals surface area contributed by atoms with E-state index in [1.165, 1.54) is 31.5 Å². The van der Waals surface area contributed by atoms with Gasteiger partial charge in [-0.3, -0.25) is 19.6 Å². The molecule has 4 rings (SSSR count). The fraction of sp³-hybridized carbons (Fsp3) is 0.217. The number of alkyl halides is 3.